The molecular formula is C13H15N3O. The van der Waals surface area contributed by atoms with Crippen LogP contribution < -0.4 is 5.32 Å². The van der Waals surface area contributed by atoms with E-state index in [2.05, 4.69) is 15.3 Å². The quantitative estimate of drug-likeness (QED) is 0.841. The summed E-state index contributed by atoms with van der Waals surface area (Å²) < 4.78 is 0. The molecule has 4 heteroatoms. The second-order valence-electron chi connectivity index (χ2n) is 3.80. The van der Waals surface area contributed by atoms with E-state index in [4.69, 9.17) is 0 Å². The Labute approximate surface area is 100 Å². The van der Waals surface area contributed by atoms with Crippen LogP contribution in [0.3, 0.4) is 0 Å². The average Bonchev–Trinajstić information content (AvgIpc) is 2.38. The predicted molar refractivity (Wildman–Crippen MR) is 66.7 cm³/mol. The van der Waals surface area contributed by atoms with Crippen LogP contribution in [0.15, 0.2) is 42.7 Å². The van der Waals surface area contributed by atoms with E-state index >= 15 is 0 Å². The molecule has 1 atom stereocenters. The monoisotopic (exact) mass is 229 g/mol. The summed E-state index contributed by atoms with van der Waals surface area (Å²) in [4.78, 5) is 8.28. The molecule has 1 aromatic carbocycles. The number of nitrogens with zero attached hydrogens (tertiary/aromatic N) is 2. The molecule has 0 fully saturated rings. The second-order valence-corrected chi connectivity index (χ2v) is 3.80. The number of benzene rings is 1. The molecule has 2 rings (SSSR count). The molecule has 0 saturated carbocycles. The van der Waals surface area contributed by atoms with Crippen molar-refractivity contribution < 1.29 is 5.11 Å². The number of aliphatic hydroxyl groups excluding tert-OH is 1. The predicted octanol–water partition coefficient (Wildman–Crippen LogP) is 1.93. The molecule has 0 amide bonds. The van der Waals surface area contributed by atoms with Gasteiger partial charge in [0.2, 0.25) is 0 Å². The summed E-state index contributed by atoms with van der Waals surface area (Å²) in [5.41, 5.74) is 1.72. The van der Waals surface area contributed by atoms with E-state index < -0.39 is 6.10 Å². The van der Waals surface area contributed by atoms with Crippen molar-refractivity contribution in [3.63, 3.8) is 0 Å². The van der Waals surface area contributed by atoms with E-state index in [1.807, 2.05) is 37.3 Å². The molecule has 2 aromatic rings. The van der Waals surface area contributed by atoms with E-state index in [9.17, 15) is 5.11 Å². The van der Waals surface area contributed by atoms with Gasteiger partial charge in [0, 0.05) is 18.9 Å². The lowest BCUT2D eigenvalue weighted by Gasteiger charge is -2.13. The van der Waals surface area contributed by atoms with Crippen LogP contribution in [0.1, 0.15) is 17.4 Å². The third kappa shape index (κ3) is 3.01. The van der Waals surface area contributed by atoms with Gasteiger partial charge in [0.05, 0.1) is 11.8 Å². The van der Waals surface area contributed by atoms with Crippen LogP contribution in [0.4, 0.5) is 5.82 Å². The number of aromatic nitrogens is 2. The highest BCUT2D eigenvalue weighted by molar-refractivity contribution is 5.38. The smallest absolute Gasteiger partial charge is 0.147 e. The van der Waals surface area contributed by atoms with E-state index in [1.54, 1.807) is 12.4 Å². The third-order valence-corrected chi connectivity index (χ3v) is 2.53. The van der Waals surface area contributed by atoms with Crippen molar-refractivity contribution in [2.75, 3.05) is 11.9 Å². The molecule has 1 heterocycles. The lowest BCUT2D eigenvalue weighted by Crippen LogP contribution is -2.13. The molecule has 0 aliphatic heterocycles. The Morgan fingerprint density at radius 2 is 1.88 bits per heavy atom. The van der Waals surface area contributed by atoms with Crippen LogP contribution in [-0.2, 0) is 0 Å². The summed E-state index contributed by atoms with van der Waals surface area (Å²) in [5.74, 6) is 0.711. The van der Waals surface area contributed by atoms with Gasteiger partial charge in [0.25, 0.3) is 0 Å². The van der Waals surface area contributed by atoms with Crippen molar-refractivity contribution in [2.24, 2.45) is 0 Å². The molecule has 0 aliphatic rings. The van der Waals surface area contributed by atoms with Gasteiger partial charge in [-0.2, -0.15) is 0 Å². The minimum Gasteiger partial charge on any atom is -0.387 e. The highest BCUT2D eigenvalue weighted by Gasteiger charge is 2.07. The lowest BCUT2D eigenvalue weighted by molar-refractivity contribution is 0.191. The Kier molecular flexibility index (Phi) is 3.67. The molecular weight excluding hydrogens is 214 g/mol. The summed E-state index contributed by atoms with van der Waals surface area (Å²) in [6.07, 6.45) is 2.73. The van der Waals surface area contributed by atoms with Gasteiger partial charge in [-0.25, -0.2) is 4.98 Å². The summed E-state index contributed by atoms with van der Waals surface area (Å²) in [5, 5.41) is 13.0. The molecule has 2 N–H and O–H groups in total. The Balaban J connectivity index is 1.97. The van der Waals surface area contributed by atoms with Crippen LogP contribution in [0.25, 0.3) is 0 Å². The molecule has 4 nitrogen and oxygen atoms in total. The Hall–Kier alpha value is -1.94. The molecule has 1 aromatic heterocycles. The first-order valence-corrected chi connectivity index (χ1v) is 5.52. The summed E-state index contributed by atoms with van der Waals surface area (Å²) in [7, 11) is 0. The Bertz CT molecular complexity index is 473. The normalized spacial score (nSPS) is 12.1. The van der Waals surface area contributed by atoms with E-state index in [1.165, 1.54) is 0 Å². The van der Waals surface area contributed by atoms with Gasteiger partial charge in [0.15, 0.2) is 0 Å². The fourth-order valence-electron chi connectivity index (χ4n) is 1.57. The zero-order valence-electron chi connectivity index (χ0n) is 9.67. The Morgan fingerprint density at radius 3 is 2.59 bits per heavy atom. The molecule has 88 valence electrons. The van der Waals surface area contributed by atoms with Crippen LogP contribution >= 0.6 is 0 Å². The number of rotatable bonds is 4. The van der Waals surface area contributed by atoms with E-state index in [-0.39, 0.29) is 0 Å². The average molecular weight is 229 g/mol. The lowest BCUT2D eigenvalue weighted by atomic mass is 10.1. The van der Waals surface area contributed by atoms with Crippen molar-refractivity contribution in [3.8, 4) is 0 Å². The zero-order chi connectivity index (χ0) is 12.1. The number of aliphatic hydroxyl groups is 1. The fraction of sp³-hybridized carbons (Fsp3) is 0.231. The maximum atomic E-state index is 9.96. The van der Waals surface area contributed by atoms with Crippen molar-refractivity contribution in [1.29, 1.82) is 0 Å². The van der Waals surface area contributed by atoms with Gasteiger partial charge >= 0.3 is 0 Å². The second kappa shape index (κ2) is 5.41. The molecule has 0 saturated heterocycles. The highest BCUT2D eigenvalue weighted by atomic mass is 16.3. The standard InChI is InChI=1S/C13H15N3O/c1-10-13(15-8-7-14-10)16-9-12(17)11-5-3-2-4-6-11/h2-8,12,17H,9H2,1H3,(H,15,16)/t12-/m0/s1. The zero-order valence-corrected chi connectivity index (χ0v) is 9.67. The first kappa shape index (κ1) is 11.5. The first-order valence-electron chi connectivity index (χ1n) is 5.52. The maximum Gasteiger partial charge on any atom is 0.147 e. The minimum absolute atomic E-state index is 0.420. The molecule has 17 heavy (non-hydrogen) atoms. The number of nitrogens with one attached hydrogen (secondary N) is 1. The van der Waals surface area contributed by atoms with Crippen LogP contribution in [-0.4, -0.2) is 21.6 Å². The van der Waals surface area contributed by atoms with Gasteiger partial charge in [-0.3, -0.25) is 4.98 Å². The topological polar surface area (TPSA) is 58.0 Å². The van der Waals surface area contributed by atoms with Gasteiger partial charge < -0.3 is 10.4 Å². The van der Waals surface area contributed by atoms with Gasteiger partial charge in [-0.15, -0.1) is 0 Å². The molecule has 0 aliphatic carbocycles. The first-order chi connectivity index (χ1) is 8.27. The number of anilines is 1. The highest BCUT2D eigenvalue weighted by Crippen LogP contribution is 2.13. The number of hydrogen-bond acceptors (Lipinski definition) is 4. The van der Waals surface area contributed by atoms with E-state index in [0.29, 0.717) is 12.4 Å². The maximum absolute atomic E-state index is 9.96. The van der Waals surface area contributed by atoms with Gasteiger partial charge in [0.1, 0.15) is 5.82 Å². The molecule has 0 bridgehead atoms. The molecule has 0 unspecified atom stereocenters. The summed E-state index contributed by atoms with van der Waals surface area (Å²) >= 11 is 0. The van der Waals surface area contributed by atoms with E-state index in [0.717, 1.165) is 11.3 Å². The summed E-state index contributed by atoms with van der Waals surface area (Å²) in [6, 6.07) is 9.54. The van der Waals surface area contributed by atoms with Crippen molar-refractivity contribution in [1.82, 2.24) is 9.97 Å². The minimum atomic E-state index is -0.544. The largest absolute Gasteiger partial charge is 0.387 e. The molecule has 0 spiro atoms. The summed E-state index contributed by atoms with van der Waals surface area (Å²) in [6.45, 7) is 2.30. The van der Waals surface area contributed by atoms with Crippen molar-refractivity contribution in [3.05, 3.63) is 54.0 Å². The number of aryl methyl sites for hydroxylation is 1. The van der Waals surface area contributed by atoms with Crippen LogP contribution in [0, 0.1) is 6.92 Å². The van der Waals surface area contributed by atoms with Crippen molar-refractivity contribution >= 4 is 5.82 Å². The molecule has 0 radical (unpaired) electrons. The van der Waals surface area contributed by atoms with Gasteiger partial charge in [-0.1, -0.05) is 30.3 Å². The van der Waals surface area contributed by atoms with Crippen LogP contribution in [0.5, 0.6) is 0 Å². The SMILES string of the molecule is Cc1nccnc1NC[C@H](O)c1ccccc1. The number of hydrogen-bond donors (Lipinski definition) is 2. The Morgan fingerprint density at radius 1 is 1.18 bits per heavy atom. The fourth-order valence-corrected chi connectivity index (χ4v) is 1.57. The third-order valence-electron chi connectivity index (χ3n) is 2.53. The van der Waals surface area contributed by atoms with Gasteiger partial charge in [-0.05, 0) is 12.5 Å². The van der Waals surface area contributed by atoms with Crippen LogP contribution in [0.2, 0.25) is 0 Å². The van der Waals surface area contributed by atoms with Crippen molar-refractivity contribution in [2.45, 2.75) is 13.0 Å².